The van der Waals surface area contributed by atoms with Gasteiger partial charge in [0.25, 0.3) is 0 Å². The third-order valence-electron chi connectivity index (χ3n) is 5.11. The Labute approximate surface area is 171 Å². The van der Waals surface area contributed by atoms with Gasteiger partial charge in [-0.1, -0.05) is 24.3 Å². The summed E-state index contributed by atoms with van der Waals surface area (Å²) in [5.74, 6) is 0.908. The van der Waals surface area contributed by atoms with Crippen LogP contribution >= 0.6 is 0 Å². The number of hydrogen-bond acceptors (Lipinski definition) is 6. The second-order valence-electron chi connectivity index (χ2n) is 7.38. The van der Waals surface area contributed by atoms with Crippen LogP contribution in [0, 0.1) is 0 Å². The molecule has 150 valence electrons. The molecule has 6 heteroatoms. The van der Waals surface area contributed by atoms with Gasteiger partial charge in [0, 0.05) is 36.6 Å². The smallest absolute Gasteiger partial charge is 0.223 e. The number of rotatable bonds is 7. The maximum Gasteiger partial charge on any atom is 0.223 e. The van der Waals surface area contributed by atoms with Crippen molar-refractivity contribution in [3.8, 4) is 17.0 Å². The fourth-order valence-corrected chi connectivity index (χ4v) is 3.56. The summed E-state index contributed by atoms with van der Waals surface area (Å²) in [6.07, 6.45) is 5.03. The average molecular weight is 390 g/mol. The first-order chi connectivity index (χ1) is 14.3. The highest BCUT2D eigenvalue weighted by atomic mass is 16.3. The lowest BCUT2D eigenvalue weighted by Gasteiger charge is -2.25. The van der Waals surface area contributed by atoms with E-state index in [0.29, 0.717) is 12.0 Å². The molecule has 0 bridgehead atoms. The minimum Gasteiger partial charge on any atom is -0.508 e. The van der Waals surface area contributed by atoms with E-state index in [1.54, 1.807) is 18.3 Å². The molecule has 0 radical (unpaired) electrons. The molecule has 1 unspecified atom stereocenters. The number of aromatic nitrogens is 2. The van der Waals surface area contributed by atoms with Crippen molar-refractivity contribution in [2.45, 2.75) is 25.3 Å². The van der Waals surface area contributed by atoms with E-state index >= 15 is 0 Å². The van der Waals surface area contributed by atoms with E-state index in [1.807, 2.05) is 18.2 Å². The fourth-order valence-electron chi connectivity index (χ4n) is 3.56. The Morgan fingerprint density at radius 2 is 2.00 bits per heavy atom. The Balaban J connectivity index is 1.38. The minimum absolute atomic E-state index is 0.286. The SMILES string of the molecule is Oc1ccc(CCNc2nccc(-c3cccc(NC4CCCNC4)c3)n2)cc1. The quantitative estimate of drug-likeness (QED) is 0.494. The topological polar surface area (TPSA) is 82.1 Å². The number of phenolic OH excluding ortho intramolecular Hbond substituents is 1. The molecule has 3 aromatic rings. The van der Waals surface area contributed by atoms with E-state index in [0.717, 1.165) is 48.6 Å². The van der Waals surface area contributed by atoms with Crippen LogP contribution in [-0.2, 0) is 6.42 Å². The molecule has 0 spiro atoms. The first-order valence-electron chi connectivity index (χ1n) is 10.2. The number of hydrogen-bond donors (Lipinski definition) is 4. The molecule has 2 heterocycles. The average Bonchev–Trinajstić information content (AvgIpc) is 2.76. The second-order valence-corrected chi connectivity index (χ2v) is 7.38. The molecular weight excluding hydrogens is 362 g/mol. The number of nitrogens with one attached hydrogen (secondary N) is 3. The molecule has 6 nitrogen and oxygen atoms in total. The first kappa shape index (κ1) is 19.2. The predicted octanol–water partition coefficient (Wildman–Crippen LogP) is 3.67. The minimum atomic E-state index is 0.286. The molecule has 0 aliphatic carbocycles. The summed E-state index contributed by atoms with van der Waals surface area (Å²) in [5, 5.41) is 19.7. The summed E-state index contributed by atoms with van der Waals surface area (Å²) in [7, 11) is 0. The van der Waals surface area contributed by atoms with E-state index in [2.05, 4.69) is 50.2 Å². The van der Waals surface area contributed by atoms with E-state index in [1.165, 1.54) is 12.8 Å². The molecule has 1 atom stereocenters. The van der Waals surface area contributed by atoms with Crippen LogP contribution in [0.5, 0.6) is 5.75 Å². The molecule has 4 N–H and O–H groups in total. The van der Waals surface area contributed by atoms with Gasteiger partial charge in [-0.15, -0.1) is 0 Å². The van der Waals surface area contributed by atoms with Crippen LogP contribution in [0.2, 0.25) is 0 Å². The number of piperidine rings is 1. The van der Waals surface area contributed by atoms with E-state index < -0.39 is 0 Å². The normalized spacial score (nSPS) is 16.3. The molecule has 29 heavy (non-hydrogen) atoms. The molecular formula is C23H27N5O. The van der Waals surface area contributed by atoms with Gasteiger partial charge in [0.15, 0.2) is 0 Å². The number of benzene rings is 2. The molecule has 2 aromatic carbocycles. The number of phenols is 1. The molecule has 0 amide bonds. The van der Waals surface area contributed by atoms with Crippen LogP contribution in [-0.4, -0.2) is 40.8 Å². The van der Waals surface area contributed by atoms with Crippen molar-refractivity contribution in [1.82, 2.24) is 15.3 Å². The maximum absolute atomic E-state index is 9.37. The maximum atomic E-state index is 9.37. The number of nitrogens with zero attached hydrogens (tertiary/aromatic N) is 2. The van der Waals surface area contributed by atoms with Crippen LogP contribution in [0.4, 0.5) is 11.6 Å². The summed E-state index contributed by atoms with van der Waals surface area (Å²) in [6.45, 7) is 2.85. The molecule has 1 aromatic heterocycles. The third-order valence-corrected chi connectivity index (χ3v) is 5.11. The lowest BCUT2D eigenvalue weighted by molar-refractivity contribution is 0.475. The number of aromatic hydroxyl groups is 1. The summed E-state index contributed by atoms with van der Waals surface area (Å²) in [4.78, 5) is 9.01. The largest absolute Gasteiger partial charge is 0.508 e. The lowest BCUT2D eigenvalue weighted by Crippen LogP contribution is -2.38. The summed E-state index contributed by atoms with van der Waals surface area (Å²) in [5.41, 5.74) is 4.25. The van der Waals surface area contributed by atoms with Crippen LogP contribution in [0.1, 0.15) is 18.4 Å². The van der Waals surface area contributed by atoms with Crippen molar-refractivity contribution in [3.63, 3.8) is 0 Å². The molecule has 1 fully saturated rings. The van der Waals surface area contributed by atoms with Crippen LogP contribution in [0.3, 0.4) is 0 Å². The highest BCUT2D eigenvalue weighted by Crippen LogP contribution is 2.22. The van der Waals surface area contributed by atoms with E-state index in [9.17, 15) is 5.11 Å². The zero-order chi connectivity index (χ0) is 19.9. The Morgan fingerprint density at radius 3 is 2.83 bits per heavy atom. The van der Waals surface area contributed by atoms with Gasteiger partial charge < -0.3 is 21.1 Å². The van der Waals surface area contributed by atoms with Gasteiger partial charge in [-0.3, -0.25) is 0 Å². The van der Waals surface area contributed by atoms with Gasteiger partial charge in [-0.05, 0) is 61.7 Å². The standard InChI is InChI=1S/C23H27N5O/c29-21-8-6-17(7-9-21)10-13-25-23-26-14-11-22(28-23)18-3-1-4-19(15-18)27-20-5-2-12-24-16-20/h1,3-4,6-9,11,14-15,20,24,27,29H,2,5,10,12-13,16H2,(H,25,26,28). The van der Waals surface area contributed by atoms with Crippen LogP contribution in [0.15, 0.2) is 60.8 Å². The highest BCUT2D eigenvalue weighted by Gasteiger charge is 2.12. The van der Waals surface area contributed by atoms with Crippen molar-refractivity contribution >= 4 is 11.6 Å². The Morgan fingerprint density at radius 1 is 1.10 bits per heavy atom. The third kappa shape index (κ3) is 5.45. The Hall–Kier alpha value is -3.12. The van der Waals surface area contributed by atoms with Gasteiger partial charge in [-0.2, -0.15) is 0 Å². The lowest BCUT2D eigenvalue weighted by atomic mass is 10.1. The first-order valence-corrected chi connectivity index (χ1v) is 10.2. The zero-order valence-corrected chi connectivity index (χ0v) is 16.4. The zero-order valence-electron chi connectivity index (χ0n) is 16.4. The highest BCUT2D eigenvalue weighted by molar-refractivity contribution is 5.65. The molecule has 4 rings (SSSR count). The summed E-state index contributed by atoms with van der Waals surface area (Å²) >= 11 is 0. The van der Waals surface area contributed by atoms with Crippen molar-refractivity contribution in [1.29, 1.82) is 0 Å². The molecule has 1 aliphatic heterocycles. The van der Waals surface area contributed by atoms with Gasteiger partial charge in [-0.25, -0.2) is 9.97 Å². The van der Waals surface area contributed by atoms with E-state index in [4.69, 9.17) is 0 Å². The Bertz CT molecular complexity index is 923. The Kier molecular flexibility index (Phi) is 6.22. The van der Waals surface area contributed by atoms with Gasteiger partial charge in [0.1, 0.15) is 5.75 Å². The van der Waals surface area contributed by atoms with Gasteiger partial charge in [0.05, 0.1) is 5.69 Å². The second kappa shape index (κ2) is 9.39. The van der Waals surface area contributed by atoms with Gasteiger partial charge >= 0.3 is 0 Å². The summed E-state index contributed by atoms with van der Waals surface area (Å²) < 4.78 is 0. The number of anilines is 2. The van der Waals surface area contributed by atoms with Crippen molar-refractivity contribution in [2.24, 2.45) is 0 Å². The van der Waals surface area contributed by atoms with E-state index in [-0.39, 0.29) is 5.75 Å². The van der Waals surface area contributed by atoms with Gasteiger partial charge in [0.2, 0.25) is 5.95 Å². The predicted molar refractivity (Wildman–Crippen MR) is 117 cm³/mol. The van der Waals surface area contributed by atoms with Crippen molar-refractivity contribution in [2.75, 3.05) is 30.3 Å². The van der Waals surface area contributed by atoms with Crippen molar-refractivity contribution in [3.05, 3.63) is 66.4 Å². The molecule has 0 saturated carbocycles. The fraction of sp³-hybridized carbons (Fsp3) is 0.304. The van der Waals surface area contributed by atoms with Crippen molar-refractivity contribution < 1.29 is 5.11 Å². The molecule has 1 saturated heterocycles. The monoisotopic (exact) mass is 389 g/mol. The van der Waals surface area contributed by atoms with Crippen LogP contribution < -0.4 is 16.0 Å². The molecule has 1 aliphatic rings. The summed E-state index contributed by atoms with van der Waals surface area (Å²) in [6, 6.07) is 18.1. The van der Waals surface area contributed by atoms with Crippen LogP contribution in [0.25, 0.3) is 11.3 Å².